The highest BCUT2D eigenvalue weighted by Gasteiger charge is 2.12. The van der Waals surface area contributed by atoms with Crippen LogP contribution in [0.3, 0.4) is 0 Å². The van der Waals surface area contributed by atoms with Crippen LogP contribution in [0.15, 0.2) is 18.2 Å². The van der Waals surface area contributed by atoms with E-state index in [9.17, 15) is 4.79 Å². The van der Waals surface area contributed by atoms with E-state index in [0.29, 0.717) is 6.54 Å². The van der Waals surface area contributed by atoms with Crippen LogP contribution in [-0.4, -0.2) is 12.5 Å². The van der Waals surface area contributed by atoms with Crippen LogP contribution in [0.5, 0.6) is 0 Å². The number of hydrogen-bond donors (Lipinski definition) is 2. The van der Waals surface area contributed by atoms with E-state index in [0.717, 1.165) is 17.7 Å². The van der Waals surface area contributed by atoms with Gasteiger partial charge in [-0.3, -0.25) is 4.79 Å². The summed E-state index contributed by atoms with van der Waals surface area (Å²) in [6.45, 7) is 6.49. The molecule has 16 heavy (non-hydrogen) atoms. The Balaban J connectivity index is 2.73. The lowest BCUT2D eigenvalue weighted by atomic mass is 10.1. The van der Waals surface area contributed by atoms with Crippen LogP contribution in [0, 0.1) is 19.8 Å². The number of hydrogen-bond acceptors (Lipinski definition) is 2. The van der Waals surface area contributed by atoms with E-state index in [1.165, 1.54) is 5.56 Å². The molecular weight excluding hydrogens is 200 g/mol. The van der Waals surface area contributed by atoms with Gasteiger partial charge in [-0.15, -0.1) is 0 Å². The quantitative estimate of drug-likeness (QED) is 0.817. The Labute approximate surface area is 97.0 Å². The molecule has 3 nitrogen and oxygen atoms in total. The monoisotopic (exact) mass is 220 g/mol. The molecule has 0 aliphatic carbocycles. The largest absolute Gasteiger partial charge is 0.330 e. The van der Waals surface area contributed by atoms with Crippen molar-refractivity contribution in [2.75, 3.05) is 11.9 Å². The number of aryl methyl sites for hydroxylation is 1. The summed E-state index contributed by atoms with van der Waals surface area (Å²) in [6, 6.07) is 5.91. The molecule has 88 valence electrons. The molecule has 0 saturated heterocycles. The fourth-order valence-electron chi connectivity index (χ4n) is 1.52. The third-order valence-corrected chi connectivity index (χ3v) is 2.91. The molecule has 0 aliphatic heterocycles. The molecule has 0 radical (unpaired) electrons. The Morgan fingerprint density at radius 1 is 1.44 bits per heavy atom. The molecule has 1 aromatic rings. The Hall–Kier alpha value is -1.35. The highest BCUT2D eigenvalue weighted by Crippen LogP contribution is 2.19. The Morgan fingerprint density at radius 3 is 2.75 bits per heavy atom. The first-order chi connectivity index (χ1) is 7.56. The normalized spacial score (nSPS) is 12.2. The molecule has 3 heteroatoms. The zero-order chi connectivity index (χ0) is 12.1. The van der Waals surface area contributed by atoms with Gasteiger partial charge < -0.3 is 11.1 Å². The SMILES string of the molecule is Cc1cccc(NC(=O)C(C)CCN)c1C. The molecule has 1 aromatic carbocycles. The molecule has 0 saturated carbocycles. The first kappa shape index (κ1) is 12.7. The van der Waals surface area contributed by atoms with Gasteiger partial charge in [-0.05, 0) is 44.0 Å². The van der Waals surface area contributed by atoms with Gasteiger partial charge in [0, 0.05) is 11.6 Å². The molecule has 0 bridgehead atoms. The molecule has 0 fully saturated rings. The van der Waals surface area contributed by atoms with Gasteiger partial charge in [-0.25, -0.2) is 0 Å². The average Bonchev–Trinajstić information content (AvgIpc) is 2.25. The lowest BCUT2D eigenvalue weighted by molar-refractivity contribution is -0.119. The number of nitrogens with two attached hydrogens (primary N) is 1. The lowest BCUT2D eigenvalue weighted by Gasteiger charge is -2.13. The average molecular weight is 220 g/mol. The number of benzene rings is 1. The Bertz CT molecular complexity index is 374. The first-order valence-corrected chi connectivity index (χ1v) is 5.63. The van der Waals surface area contributed by atoms with E-state index in [-0.39, 0.29) is 11.8 Å². The van der Waals surface area contributed by atoms with Crippen molar-refractivity contribution in [3.8, 4) is 0 Å². The van der Waals surface area contributed by atoms with Gasteiger partial charge in [0.2, 0.25) is 5.91 Å². The topological polar surface area (TPSA) is 55.1 Å². The van der Waals surface area contributed by atoms with Crippen LogP contribution in [-0.2, 0) is 4.79 Å². The second-order valence-electron chi connectivity index (χ2n) is 4.22. The van der Waals surface area contributed by atoms with E-state index in [1.807, 2.05) is 39.0 Å². The highest BCUT2D eigenvalue weighted by molar-refractivity contribution is 5.93. The zero-order valence-corrected chi connectivity index (χ0v) is 10.2. The fourth-order valence-corrected chi connectivity index (χ4v) is 1.52. The van der Waals surface area contributed by atoms with E-state index in [4.69, 9.17) is 5.73 Å². The maximum atomic E-state index is 11.8. The van der Waals surface area contributed by atoms with Crippen molar-refractivity contribution in [1.29, 1.82) is 0 Å². The molecule has 0 aromatic heterocycles. The van der Waals surface area contributed by atoms with E-state index in [1.54, 1.807) is 0 Å². The molecule has 1 amide bonds. The van der Waals surface area contributed by atoms with Crippen molar-refractivity contribution in [2.24, 2.45) is 11.7 Å². The molecular formula is C13H20N2O. The highest BCUT2D eigenvalue weighted by atomic mass is 16.1. The van der Waals surface area contributed by atoms with Crippen LogP contribution in [0.25, 0.3) is 0 Å². The van der Waals surface area contributed by atoms with E-state index >= 15 is 0 Å². The van der Waals surface area contributed by atoms with Crippen molar-refractivity contribution in [1.82, 2.24) is 0 Å². The number of carbonyl (C=O) groups is 1. The summed E-state index contributed by atoms with van der Waals surface area (Å²) in [4.78, 5) is 11.8. The summed E-state index contributed by atoms with van der Waals surface area (Å²) in [5, 5.41) is 2.94. The standard InChI is InChI=1S/C13H20N2O/c1-9-5-4-6-12(11(9)3)15-13(16)10(2)7-8-14/h4-6,10H,7-8,14H2,1-3H3,(H,15,16). The van der Waals surface area contributed by atoms with Gasteiger partial charge >= 0.3 is 0 Å². The molecule has 0 spiro atoms. The summed E-state index contributed by atoms with van der Waals surface area (Å²) < 4.78 is 0. The minimum Gasteiger partial charge on any atom is -0.330 e. The Kier molecular flexibility index (Phi) is 4.50. The zero-order valence-electron chi connectivity index (χ0n) is 10.2. The molecule has 0 aliphatic rings. The number of anilines is 1. The summed E-state index contributed by atoms with van der Waals surface area (Å²) in [6.07, 6.45) is 0.719. The third kappa shape index (κ3) is 3.07. The van der Waals surface area contributed by atoms with Crippen molar-refractivity contribution >= 4 is 11.6 Å². The van der Waals surface area contributed by atoms with E-state index in [2.05, 4.69) is 5.32 Å². The van der Waals surface area contributed by atoms with Gasteiger partial charge in [0.1, 0.15) is 0 Å². The second kappa shape index (κ2) is 5.66. The number of nitrogens with one attached hydrogen (secondary N) is 1. The van der Waals surface area contributed by atoms with Gasteiger partial charge in [0.25, 0.3) is 0 Å². The summed E-state index contributed by atoms with van der Waals surface area (Å²) >= 11 is 0. The molecule has 0 heterocycles. The minimum absolute atomic E-state index is 0.0371. The smallest absolute Gasteiger partial charge is 0.227 e. The molecule has 1 atom stereocenters. The Morgan fingerprint density at radius 2 is 2.12 bits per heavy atom. The third-order valence-electron chi connectivity index (χ3n) is 2.91. The van der Waals surface area contributed by atoms with Crippen LogP contribution in [0.2, 0.25) is 0 Å². The predicted molar refractivity (Wildman–Crippen MR) is 67.4 cm³/mol. The fraction of sp³-hybridized carbons (Fsp3) is 0.462. The van der Waals surface area contributed by atoms with Gasteiger partial charge in [0.15, 0.2) is 0 Å². The summed E-state index contributed by atoms with van der Waals surface area (Å²) in [7, 11) is 0. The number of carbonyl (C=O) groups excluding carboxylic acids is 1. The van der Waals surface area contributed by atoms with Gasteiger partial charge in [0.05, 0.1) is 0 Å². The maximum absolute atomic E-state index is 11.8. The van der Waals surface area contributed by atoms with E-state index < -0.39 is 0 Å². The minimum atomic E-state index is -0.0371. The van der Waals surface area contributed by atoms with Gasteiger partial charge in [-0.2, -0.15) is 0 Å². The second-order valence-corrected chi connectivity index (χ2v) is 4.22. The lowest BCUT2D eigenvalue weighted by Crippen LogP contribution is -2.23. The number of amides is 1. The van der Waals surface area contributed by atoms with Crippen LogP contribution >= 0.6 is 0 Å². The summed E-state index contributed by atoms with van der Waals surface area (Å²) in [5.41, 5.74) is 8.64. The van der Waals surface area contributed by atoms with Crippen molar-refractivity contribution < 1.29 is 4.79 Å². The number of rotatable bonds is 4. The maximum Gasteiger partial charge on any atom is 0.227 e. The van der Waals surface area contributed by atoms with Crippen molar-refractivity contribution in [2.45, 2.75) is 27.2 Å². The van der Waals surface area contributed by atoms with Crippen LogP contribution in [0.1, 0.15) is 24.5 Å². The first-order valence-electron chi connectivity index (χ1n) is 5.63. The predicted octanol–water partition coefficient (Wildman–Crippen LogP) is 2.23. The van der Waals surface area contributed by atoms with Gasteiger partial charge in [-0.1, -0.05) is 19.1 Å². The molecule has 1 rings (SSSR count). The van der Waals surface area contributed by atoms with Crippen molar-refractivity contribution in [3.63, 3.8) is 0 Å². The van der Waals surface area contributed by atoms with Crippen molar-refractivity contribution in [3.05, 3.63) is 29.3 Å². The summed E-state index contributed by atoms with van der Waals surface area (Å²) in [5.74, 6) is 0.00376. The van der Waals surface area contributed by atoms with Crippen LogP contribution < -0.4 is 11.1 Å². The molecule has 3 N–H and O–H groups in total. The molecule has 1 unspecified atom stereocenters. The van der Waals surface area contributed by atoms with Crippen LogP contribution in [0.4, 0.5) is 5.69 Å².